The Morgan fingerprint density at radius 3 is 3.00 bits per heavy atom. The van der Waals surface area contributed by atoms with Crippen molar-refractivity contribution >= 4 is 0 Å². The number of rotatable bonds is 5. The molecule has 0 spiro atoms. The Morgan fingerprint density at radius 1 is 1.50 bits per heavy atom. The van der Waals surface area contributed by atoms with Gasteiger partial charge in [-0.15, -0.1) is 0 Å². The smallest absolute Gasteiger partial charge is 0.0649 e. The molecule has 1 fully saturated rings. The van der Waals surface area contributed by atoms with Gasteiger partial charge in [-0.2, -0.15) is 0 Å². The molecule has 14 heavy (non-hydrogen) atoms. The lowest BCUT2D eigenvalue weighted by molar-refractivity contribution is 0.139. The van der Waals surface area contributed by atoms with Crippen molar-refractivity contribution in [1.82, 2.24) is 5.32 Å². The molecule has 82 valence electrons. The quantitative estimate of drug-likeness (QED) is 0.539. The first-order chi connectivity index (χ1) is 6.79. The van der Waals surface area contributed by atoms with Gasteiger partial charge in [-0.05, 0) is 52.1 Å². The molecule has 1 aliphatic rings. The SMILES string of the molecule is CC(C)=CCOCCC1CCCNC1. The van der Waals surface area contributed by atoms with E-state index in [0.29, 0.717) is 0 Å². The van der Waals surface area contributed by atoms with Gasteiger partial charge >= 0.3 is 0 Å². The summed E-state index contributed by atoms with van der Waals surface area (Å²) in [5.74, 6) is 0.843. The van der Waals surface area contributed by atoms with Crippen LogP contribution in [0.5, 0.6) is 0 Å². The molecular weight excluding hydrogens is 174 g/mol. The molecule has 0 saturated carbocycles. The van der Waals surface area contributed by atoms with E-state index in [1.165, 1.54) is 37.9 Å². The standard InChI is InChI=1S/C12H23NO/c1-11(2)5-8-14-9-6-12-4-3-7-13-10-12/h5,12-13H,3-4,6-10H2,1-2H3. The number of nitrogens with one attached hydrogen (secondary N) is 1. The third-order valence-corrected chi connectivity index (χ3v) is 2.68. The van der Waals surface area contributed by atoms with Crippen molar-refractivity contribution in [3.63, 3.8) is 0 Å². The lowest BCUT2D eigenvalue weighted by Gasteiger charge is -2.22. The van der Waals surface area contributed by atoms with E-state index >= 15 is 0 Å². The van der Waals surface area contributed by atoms with E-state index < -0.39 is 0 Å². The largest absolute Gasteiger partial charge is 0.377 e. The van der Waals surface area contributed by atoms with Gasteiger partial charge in [0.05, 0.1) is 6.61 Å². The molecule has 0 aliphatic carbocycles. The number of ether oxygens (including phenoxy) is 1. The molecule has 1 saturated heterocycles. The highest BCUT2D eigenvalue weighted by atomic mass is 16.5. The van der Waals surface area contributed by atoms with Gasteiger partial charge in [-0.3, -0.25) is 0 Å². The van der Waals surface area contributed by atoms with E-state index in [9.17, 15) is 0 Å². The van der Waals surface area contributed by atoms with E-state index in [0.717, 1.165) is 19.1 Å². The summed E-state index contributed by atoms with van der Waals surface area (Å²) in [4.78, 5) is 0. The Morgan fingerprint density at radius 2 is 2.36 bits per heavy atom. The molecule has 1 rings (SSSR count). The number of piperidine rings is 1. The fraction of sp³-hybridized carbons (Fsp3) is 0.833. The predicted molar refractivity (Wildman–Crippen MR) is 60.5 cm³/mol. The van der Waals surface area contributed by atoms with Crippen LogP contribution in [-0.2, 0) is 4.74 Å². The van der Waals surface area contributed by atoms with Crippen molar-refractivity contribution < 1.29 is 4.74 Å². The van der Waals surface area contributed by atoms with Crippen molar-refractivity contribution in [1.29, 1.82) is 0 Å². The van der Waals surface area contributed by atoms with Gasteiger partial charge in [0.1, 0.15) is 0 Å². The molecule has 1 heterocycles. The van der Waals surface area contributed by atoms with Gasteiger partial charge in [0.15, 0.2) is 0 Å². The lowest BCUT2D eigenvalue weighted by atomic mass is 9.97. The molecule has 0 amide bonds. The Hall–Kier alpha value is -0.340. The fourth-order valence-corrected chi connectivity index (χ4v) is 1.73. The second-order valence-electron chi connectivity index (χ2n) is 4.36. The monoisotopic (exact) mass is 197 g/mol. The first-order valence-electron chi connectivity index (χ1n) is 5.71. The van der Waals surface area contributed by atoms with Crippen LogP contribution in [0.15, 0.2) is 11.6 Å². The second-order valence-corrected chi connectivity index (χ2v) is 4.36. The first kappa shape index (κ1) is 11.7. The van der Waals surface area contributed by atoms with Crippen LogP contribution in [0.3, 0.4) is 0 Å². The van der Waals surface area contributed by atoms with Crippen LogP contribution >= 0.6 is 0 Å². The van der Waals surface area contributed by atoms with E-state index in [1.807, 2.05) is 0 Å². The van der Waals surface area contributed by atoms with Crippen LogP contribution in [0.25, 0.3) is 0 Å². The van der Waals surface area contributed by atoms with E-state index in [4.69, 9.17) is 4.74 Å². The summed E-state index contributed by atoms with van der Waals surface area (Å²) >= 11 is 0. The maximum atomic E-state index is 5.54. The van der Waals surface area contributed by atoms with Gasteiger partial charge in [-0.1, -0.05) is 11.6 Å². The zero-order valence-corrected chi connectivity index (χ0v) is 9.51. The minimum atomic E-state index is 0.780. The van der Waals surface area contributed by atoms with Crippen molar-refractivity contribution in [2.75, 3.05) is 26.3 Å². The predicted octanol–water partition coefficient (Wildman–Crippen LogP) is 2.36. The molecule has 2 nitrogen and oxygen atoms in total. The van der Waals surface area contributed by atoms with Crippen molar-refractivity contribution in [2.45, 2.75) is 33.1 Å². The molecule has 2 heteroatoms. The van der Waals surface area contributed by atoms with Crippen LogP contribution in [0.2, 0.25) is 0 Å². The molecule has 0 aromatic heterocycles. The Bertz CT molecular complexity index is 167. The van der Waals surface area contributed by atoms with E-state index in [1.54, 1.807) is 0 Å². The highest BCUT2D eigenvalue weighted by Gasteiger charge is 2.11. The highest BCUT2D eigenvalue weighted by Crippen LogP contribution is 2.13. The molecule has 0 aromatic carbocycles. The van der Waals surface area contributed by atoms with Crippen LogP contribution in [0.1, 0.15) is 33.1 Å². The summed E-state index contributed by atoms with van der Waals surface area (Å²) in [7, 11) is 0. The second kappa shape index (κ2) is 7.02. The number of allylic oxidation sites excluding steroid dienone is 1. The van der Waals surface area contributed by atoms with Crippen LogP contribution in [0, 0.1) is 5.92 Å². The minimum Gasteiger partial charge on any atom is -0.377 e. The van der Waals surface area contributed by atoms with Crippen molar-refractivity contribution in [3.8, 4) is 0 Å². The average molecular weight is 197 g/mol. The Kier molecular flexibility index (Phi) is 5.88. The summed E-state index contributed by atoms with van der Waals surface area (Å²) in [6.45, 7) is 8.29. The van der Waals surface area contributed by atoms with E-state index in [2.05, 4.69) is 25.2 Å². The van der Waals surface area contributed by atoms with Gasteiger partial charge in [0.2, 0.25) is 0 Å². The Balaban J connectivity index is 1.95. The van der Waals surface area contributed by atoms with Crippen LogP contribution in [-0.4, -0.2) is 26.3 Å². The normalized spacial score (nSPS) is 22.0. The van der Waals surface area contributed by atoms with Crippen LogP contribution in [0.4, 0.5) is 0 Å². The van der Waals surface area contributed by atoms with E-state index in [-0.39, 0.29) is 0 Å². The molecule has 0 bridgehead atoms. The molecule has 0 radical (unpaired) electrons. The summed E-state index contributed by atoms with van der Waals surface area (Å²) in [6.07, 6.45) is 6.06. The topological polar surface area (TPSA) is 21.3 Å². The van der Waals surface area contributed by atoms with Crippen molar-refractivity contribution in [2.24, 2.45) is 5.92 Å². The Labute approximate surface area is 87.7 Å². The summed E-state index contributed by atoms with van der Waals surface area (Å²) in [6, 6.07) is 0. The van der Waals surface area contributed by atoms with Gasteiger partial charge in [-0.25, -0.2) is 0 Å². The third-order valence-electron chi connectivity index (χ3n) is 2.68. The molecule has 1 unspecified atom stereocenters. The zero-order valence-electron chi connectivity index (χ0n) is 9.51. The maximum Gasteiger partial charge on any atom is 0.0649 e. The third kappa shape index (κ3) is 5.40. The van der Waals surface area contributed by atoms with Gasteiger partial charge in [0.25, 0.3) is 0 Å². The maximum absolute atomic E-state index is 5.54. The molecular formula is C12H23NO. The summed E-state index contributed by atoms with van der Waals surface area (Å²) in [5.41, 5.74) is 1.34. The zero-order chi connectivity index (χ0) is 10.2. The molecule has 1 aliphatic heterocycles. The fourth-order valence-electron chi connectivity index (χ4n) is 1.73. The number of hydrogen-bond acceptors (Lipinski definition) is 2. The average Bonchev–Trinajstić information content (AvgIpc) is 2.18. The molecule has 1 N–H and O–H groups in total. The minimum absolute atomic E-state index is 0.780. The lowest BCUT2D eigenvalue weighted by Crippen LogP contribution is -2.30. The van der Waals surface area contributed by atoms with Crippen LogP contribution < -0.4 is 5.32 Å². The van der Waals surface area contributed by atoms with Crippen molar-refractivity contribution in [3.05, 3.63) is 11.6 Å². The number of hydrogen-bond donors (Lipinski definition) is 1. The molecule has 1 atom stereocenters. The van der Waals surface area contributed by atoms with Gasteiger partial charge in [0, 0.05) is 6.61 Å². The van der Waals surface area contributed by atoms with Gasteiger partial charge < -0.3 is 10.1 Å². The first-order valence-corrected chi connectivity index (χ1v) is 5.71. The summed E-state index contributed by atoms with van der Waals surface area (Å²) < 4.78 is 5.54. The summed E-state index contributed by atoms with van der Waals surface area (Å²) in [5, 5.41) is 3.43. The molecule has 0 aromatic rings. The highest BCUT2D eigenvalue weighted by molar-refractivity contribution is 4.92.